The summed E-state index contributed by atoms with van der Waals surface area (Å²) in [5.74, 6) is 0.141. The summed E-state index contributed by atoms with van der Waals surface area (Å²) in [5.41, 5.74) is 5.74. The highest BCUT2D eigenvalue weighted by atomic mass is 16.2. The molecule has 4 heteroatoms. The molecule has 0 rings (SSSR count). The highest BCUT2D eigenvalue weighted by Gasteiger charge is 2.18. The lowest BCUT2D eigenvalue weighted by molar-refractivity contribution is -0.123. The number of rotatable bonds is 6. The molecule has 90 valence electrons. The van der Waals surface area contributed by atoms with Crippen LogP contribution in [0.4, 0.5) is 0 Å². The fourth-order valence-corrected chi connectivity index (χ4v) is 1.17. The molecule has 0 bridgehead atoms. The summed E-state index contributed by atoms with van der Waals surface area (Å²) in [5, 5.41) is 2.93. The SMILES string of the molecule is CC(CCN(C)C)NC(=O)C(N)C(C)C. The van der Waals surface area contributed by atoms with Gasteiger partial charge in [-0.2, -0.15) is 0 Å². The lowest BCUT2D eigenvalue weighted by atomic mass is 10.0. The molecule has 0 spiro atoms. The average Bonchev–Trinajstić information content (AvgIpc) is 2.13. The highest BCUT2D eigenvalue weighted by molar-refractivity contribution is 5.81. The van der Waals surface area contributed by atoms with Gasteiger partial charge in [-0.25, -0.2) is 0 Å². The first-order chi connectivity index (χ1) is 6.84. The molecule has 0 aliphatic rings. The van der Waals surface area contributed by atoms with Crippen molar-refractivity contribution in [2.24, 2.45) is 11.7 Å². The Morgan fingerprint density at radius 2 is 1.87 bits per heavy atom. The molecule has 2 unspecified atom stereocenters. The third kappa shape index (κ3) is 6.47. The molecule has 2 atom stereocenters. The molecule has 15 heavy (non-hydrogen) atoms. The Morgan fingerprint density at radius 1 is 1.33 bits per heavy atom. The van der Waals surface area contributed by atoms with E-state index >= 15 is 0 Å². The van der Waals surface area contributed by atoms with Crippen molar-refractivity contribution >= 4 is 5.91 Å². The van der Waals surface area contributed by atoms with Crippen LogP contribution in [0.25, 0.3) is 0 Å². The molecule has 0 aliphatic heterocycles. The van der Waals surface area contributed by atoms with Crippen LogP contribution in [0.15, 0.2) is 0 Å². The zero-order valence-electron chi connectivity index (χ0n) is 10.6. The van der Waals surface area contributed by atoms with E-state index in [9.17, 15) is 4.79 Å². The molecule has 0 aliphatic carbocycles. The largest absolute Gasteiger partial charge is 0.352 e. The summed E-state index contributed by atoms with van der Waals surface area (Å²) in [6, 6.07) is -0.212. The standard InChI is InChI=1S/C11H25N3O/c1-8(2)10(12)11(15)13-9(3)6-7-14(4)5/h8-10H,6-7,12H2,1-5H3,(H,13,15). The molecule has 0 saturated carbocycles. The molecule has 1 amide bonds. The Morgan fingerprint density at radius 3 is 2.27 bits per heavy atom. The quantitative estimate of drug-likeness (QED) is 0.675. The first-order valence-electron chi connectivity index (χ1n) is 5.55. The molecule has 0 saturated heterocycles. The third-order valence-electron chi connectivity index (χ3n) is 2.42. The molecule has 4 nitrogen and oxygen atoms in total. The summed E-state index contributed by atoms with van der Waals surface area (Å²) >= 11 is 0. The van der Waals surface area contributed by atoms with Crippen LogP contribution in [0, 0.1) is 5.92 Å². The molecule has 0 fully saturated rings. The zero-order chi connectivity index (χ0) is 12.0. The fourth-order valence-electron chi connectivity index (χ4n) is 1.17. The van der Waals surface area contributed by atoms with Gasteiger partial charge in [0, 0.05) is 6.04 Å². The van der Waals surface area contributed by atoms with Crippen molar-refractivity contribution < 1.29 is 4.79 Å². The monoisotopic (exact) mass is 215 g/mol. The number of nitrogens with zero attached hydrogens (tertiary/aromatic N) is 1. The highest BCUT2D eigenvalue weighted by Crippen LogP contribution is 2.00. The van der Waals surface area contributed by atoms with E-state index in [0.717, 1.165) is 13.0 Å². The summed E-state index contributed by atoms with van der Waals surface area (Å²) in [6.07, 6.45) is 0.948. The van der Waals surface area contributed by atoms with Crippen LogP contribution in [0.2, 0.25) is 0 Å². The van der Waals surface area contributed by atoms with Gasteiger partial charge in [0.25, 0.3) is 0 Å². The number of hydrogen-bond donors (Lipinski definition) is 2. The number of amides is 1. The van der Waals surface area contributed by atoms with Crippen LogP contribution in [-0.4, -0.2) is 43.5 Å². The number of nitrogens with two attached hydrogens (primary N) is 1. The van der Waals surface area contributed by atoms with E-state index in [0.29, 0.717) is 0 Å². The second-order valence-electron chi connectivity index (χ2n) is 4.77. The van der Waals surface area contributed by atoms with Crippen molar-refractivity contribution in [3.63, 3.8) is 0 Å². The Balaban J connectivity index is 3.85. The number of hydrogen-bond acceptors (Lipinski definition) is 3. The lowest BCUT2D eigenvalue weighted by Gasteiger charge is -2.20. The minimum atomic E-state index is -0.396. The predicted molar refractivity (Wildman–Crippen MR) is 63.6 cm³/mol. The second kappa shape index (κ2) is 6.80. The van der Waals surface area contributed by atoms with Crippen LogP contribution in [-0.2, 0) is 4.79 Å². The fraction of sp³-hybridized carbons (Fsp3) is 0.909. The predicted octanol–water partition coefficient (Wildman–Crippen LogP) is 0.426. The number of carbonyl (C=O) groups is 1. The maximum absolute atomic E-state index is 11.6. The van der Waals surface area contributed by atoms with Gasteiger partial charge in [-0.1, -0.05) is 13.8 Å². The van der Waals surface area contributed by atoms with Crippen LogP contribution >= 0.6 is 0 Å². The first-order valence-corrected chi connectivity index (χ1v) is 5.55. The van der Waals surface area contributed by atoms with E-state index in [1.54, 1.807) is 0 Å². The third-order valence-corrected chi connectivity index (χ3v) is 2.42. The van der Waals surface area contributed by atoms with Crippen molar-refractivity contribution in [2.45, 2.75) is 39.3 Å². The molecule has 0 radical (unpaired) electrons. The second-order valence-corrected chi connectivity index (χ2v) is 4.77. The van der Waals surface area contributed by atoms with Crippen LogP contribution < -0.4 is 11.1 Å². The Kier molecular flexibility index (Phi) is 6.52. The van der Waals surface area contributed by atoms with E-state index in [1.165, 1.54) is 0 Å². The smallest absolute Gasteiger partial charge is 0.237 e. The van der Waals surface area contributed by atoms with E-state index in [-0.39, 0.29) is 17.9 Å². The summed E-state index contributed by atoms with van der Waals surface area (Å²) in [4.78, 5) is 13.7. The van der Waals surface area contributed by atoms with Crippen molar-refractivity contribution in [1.82, 2.24) is 10.2 Å². The van der Waals surface area contributed by atoms with Gasteiger partial charge in [0.15, 0.2) is 0 Å². The maximum Gasteiger partial charge on any atom is 0.237 e. The molecule has 0 aromatic rings. The zero-order valence-corrected chi connectivity index (χ0v) is 10.6. The van der Waals surface area contributed by atoms with Gasteiger partial charge in [0.1, 0.15) is 0 Å². The summed E-state index contributed by atoms with van der Waals surface area (Å²) < 4.78 is 0. The van der Waals surface area contributed by atoms with Gasteiger partial charge in [0.2, 0.25) is 5.91 Å². The average molecular weight is 215 g/mol. The molecule has 0 heterocycles. The Hall–Kier alpha value is -0.610. The van der Waals surface area contributed by atoms with E-state index < -0.39 is 6.04 Å². The van der Waals surface area contributed by atoms with Crippen molar-refractivity contribution in [3.05, 3.63) is 0 Å². The van der Waals surface area contributed by atoms with Gasteiger partial charge in [-0.05, 0) is 39.9 Å². The van der Waals surface area contributed by atoms with Crippen LogP contribution in [0.5, 0.6) is 0 Å². The lowest BCUT2D eigenvalue weighted by Crippen LogP contribution is -2.47. The molecule has 3 N–H and O–H groups in total. The van der Waals surface area contributed by atoms with E-state index in [2.05, 4.69) is 10.2 Å². The van der Waals surface area contributed by atoms with Crippen molar-refractivity contribution in [1.29, 1.82) is 0 Å². The van der Waals surface area contributed by atoms with Gasteiger partial charge in [0.05, 0.1) is 6.04 Å². The molecular formula is C11H25N3O. The van der Waals surface area contributed by atoms with Crippen LogP contribution in [0.3, 0.4) is 0 Å². The van der Waals surface area contributed by atoms with Gasteiger partial charge in [-0.3, -0.25) is 4.79 Å². The molecule has 0 aromatic carbocycles. The van der Waals surface area contributed by atoms with Gasteiger partial charge in [-0.15, -0.1) is 0 Å². The minimum absolute atomic E-state index is 0.0451. The Labute approximate surface area is 93.2 Å². The van der Waals surface area contributed by atoms with E-state index in [4.69, 9.17) is 5.73 Å². The summed E-state index contributed by atoms with van der Waals surface area (Å²) in [7, 11) is 4.04. The normalized spacial score (nSPS) is 15.5. The molecule has 0 aromatic heterocycles. The van der Waals surface area contributed by atoms with Crippen molar-refractivity contribution in [2.75, 3.05) is 20.6 Å². The van der Waals surface area contributed by atoms with Gasteiger partial charge < -0.3 is 16.0 Å². The van der Waals surface area contributed by atoms with E-state index in [1.807, 2.05) is 34.9 Å². The van der Waals surface area contributed by atoms with Gasteiger partial charge >= 0.3 is 0 Å². The Bertz CT molecular complexity index is 192. The van der Waals surface area contributed by atoms with Crippen LogP contribution in [0.1, 0.15) is 27.2 Å². The summed E-state index contributed by atoms with van der Waals surface area (Å²) in [6.45, 7) is 6.89. The maximum atomic E-state index is 11.6. The molecular weight excluding hydrogens is 190 g/mol. The first kappa shape index (κ1) is 14.4. The topological polar surface area (TPSA) is 58.4 Å². The number of nitrogens with one attached hydrogen (secondary N) is 1. The minimum Gasteiger partial charge on any atom is -0.352 e. The number of carbonyl (C=O) groups excluding carboxylic acids is 1. The van der Waals surface area contributed by atoms with Crippen molar-refractivity contribution in [3.8, 4) is 0 Å².